The van der Waals surface area contributed by atoms with Gasteiger partial charge in [0.15, 0.2) is 0 Å². The summed E-state index contributed by atoms with van der Waals surface area (Å²) in [6.45, 7) is 0. The highest BCUT2D eigenvalue weighted by atomic mass is 19.1. The number of benzene rings is 3. The predicted molar refractivity (Wildman–Crippen MR) is 85.4 cm³/mol. The Morgan fingerprint density at radius 1 is 1.09 bits per heavy atom. The summed E-state index contributed by atoms with van der Waals surface area (Å²) in [5.41, 5.74) is 6.78. The van der Waals surface area contributed by atoms with Crippen LogP contribution in [0.3, 0.4) is 0 Å². The summed E-state index contributed by atoms with van der Waals surface area (Å²) in [5.74, 6) is 0.0786. The number of anilines is 1. The summed E-state index contributed by atoms with van der Waals surface area (Å²) in [5, 5.41) is 12.6. The normalized spacial score (nSPS) is 12.3. The summed E-state index contributed by atoms with van der Waals surface area (Å²) in [6.07, 6.45) is -0.955. The molecule has 112 valence electrons. The van der Waals surface area contributed by atoms with Crippen molar-refractivity contribution >= 4 is 16.5 Å². The molecule has 22 heavy (non-hydrogen) atoms. The highest BCUT2D eigenvalue weighted by molar-refractivity contribution is 5.88. The summed E-state index contributed by atoms with van der Waals surface area (Å²) in [6, 6.07) is 15.7. The first kappa shape index (κ1) is 14.4. The van der Waals surface area contributed by atoms with Gasteiger partial charge < -0.3 is 15.6 Å². The third-order valence-corrected chi connectivity index (χ3v) is 3.76. The minimum atomic E-state index is -0.955. The second kappa shape index (κ2) is 5.66. The molecule has 0 aromatic heterocycles. The molecule has 0 amide bonds. The zero-order chi connectivity index (χ0) is 15.7. The number of hydrogen-bond donors (Lipinski definition) is 2. The summed E-state index contributed by atoms with van der Waals surface area (Å²) >= 11 is 0. The number of halogens is 1. The average Bonchev–Trinajstić information content (AvgIpc) is 2.55. The van der Waals surface area contributed by atoms with Crippen LogP contribution in [-0.4, -0.2) is 12.2 Å². The fourth-order valence-electron chi connectivity index (χ4n) is 2.63. The molecule has 0 saturated heterocycles. The molecular weight excluding hydrogens is 281 g/mol. The molecule has 0 saturated carbocycles. The van der Waals surface area contributed by atoms with Gasteiger partial charge in [0.2, 0.25) is 0 Å². The van der Waals surface area contributed by atoms with Crippen LogP contribution in [0.4, 0.5) is 10.1 Å². The van der Waals surface area contributed by atoms with Crippen molar-refractivity contribution in [1.29, 1.82) is 0 Å². The fraction of sp³-hybridized carbons (Fsp3) is 0.111. The zero-order valence-electron chi connectivity index (χ0n) is 12.1. The van der Waals surface area contributed by atoms with Crippen LogP contribution in [0.2, 0.25) is 0 Å². The van der Waals surface area contributed by atoms with Crippen molar-refractivity contribution in [3.05, 3.63) is 71.5 Å². The first-order valence-electron chi connectivity index (χ1n) is 6.90. The molecule has 0 bridgehead atoms. The van der Waals surface area contributed by atoms with Crippen LogP contribution >= 0.6 is 0 Å². The minimum absolute atomic E-state index is 0.00996. The maximum atomic E-state index is 13.3. The number of aliphatic hydroxyl groups excluding tert-OH is 1. The molecule has 3 N–H and O–H groups in total. The molecule has 3 rings (SSSR count). The van der Waals surface area contributed by atoms with E-state index in [-0.39, 0.29) is 5.69 Å². The lowest BCUT2D eigenvalue weighted by molar-refractivity contribution is 0.216. The number of nitrogens with two attached hydrogens (primary N) is 1. The Labute approximate surface area is 127 Å². The highest BCUT2D eigenvalue weighted by Gasteiger charge is 2.19. The Hall–Kier alpha value is -2.59. The second-order valence-electron chi connectivity index (χ2n) is 5.09. The van der Waals surface area contributed by atoms with E-state index in [4.69, 9.17) is 10.5 Å². The van der Waals surface area contributed by atoms with E-state index < -0.39 is 11.9 Å². The molecule has 0 aliphatic rings. The van der Waals surface area contributed by atoms with Gasteiger partial charge in [-0.15, -0.1) is 0 Å². The third kappa shape index (κ3) is 2.38. The van der Waals surface area contributed by atoms with Crippen molar-refractivity contribution < 1.29 is 14.2 Å². The lowest BCUT2D eigenvalue weighted by Gasteiger charge is -2.18. The monoisotopic (exact) mass is 297 g/mol. The van der Waals surface area contributed by atoms with Gasteiger partial charge in [-0.05, 0) is 34.5 Å². The Morgan fingerprint density at radius 2 is 1.86 bits per heavy atom. The van der Waals surface area contributed by atoms with Gasteiger partial charge in [0, 0.05) is 5.56 Å². The van der Waals surface area contributed by atoms with E-state index in [0.717, 1.165) is 10.8 Å². The fourth-order valence-corrected chi connectivity index (χ4v) is 2.63. The number of fused-ring (bicyclic) bond motifs is 1. The summed E-state index contributed by atoms with van der Waals surface area (Å²) < 4.78 is 18.7. The first-order valence-corrected chi connectivity index (χ1v) is 6.90. The smallest absolute Gasteiger partial charge is 0.146 e. The van der Waals surface area contributed by atoms with Crippen molar-refractivity contribution in [3.63, 3.8) is 0 Å². The molecular formula is C18H16FNO2. The van der Waals surface area contributed by atoms with Crippen LogP contribution in [0.5, 0.6) is 5.75 Å². The number of rotatable bonds is 3. The Kier molecular flexibility index (Phi) is 3.69. The zero-order valence-corrected chi connectivity index (χ0v) is 12.1. The van der Waals surface area contributed by atoms with E-state index in [2.05, 4.69) is 0 Å². The molecule has 0 fully saturated rings. The van der Waals surface area contributed by atoms with E-state index in [1.807, 2.05) is 36.4 Å². The molecule has 3 nitrogen and oxygen atoms in total. The summed E-state index contributed by atoms with van der Waals surface area (Å²) in [7, 11) is 1.55. The molecule has 3 aromatic carbocycles. The number of methoxy groups -OCH3 is 1. The number of ether oxygens (including phenoxy) is 1. The maximum absolute atomic E-state index is 13.3. The Balaban J connectivity index is 2.20. The van der Waals surface area contributed by atoms with Crippen LogP contribution in [0.15, 0.2) is 54.6 Å². The SMILES string of the molecule is COc1ccc2ccccc2c1C(O)c1ccc(F)c(N)c1. The molecule has 1 atom stereocenters. The van der Waals surface area contributed by atoms with Gasteiger partial charge in [0.25, 0.3) is 0 Å². The van der Waals surface area contributed by atoms with E-state index in [1.54, 1.807) is 7.11 Å². The molecule has 3 aromatic rings. The van der Waals surface area contributed by atoms with Gasteiger partial charge in [-0.1, -0.05) is 36.4 Å². The number of hydrogen-bond acceptors (Lipinski definition) is 3. The van der Waals surface area contributed by atoms with Crippen LogP contribution < -0.4 is 10.5 Å². The van der Waals surface area contributed by atoms with Crippen molar-refractivity contribution in [3.8, 4) is 5.75 Å². The van der Waals surface area contributed by atoms with Crippen LogP contribution in [-0.2, 0) is 0 Å². The average molecular weight is 297 g/mol. The number of nitrogen functional groups attached to an aromatic ring is 1. The first-order chi connectivity index (χ1) is 10.6. The molecule has 0 spiro atoms. The van der Waals surface area contributed by atoms with Crippen LogP contribution in [0, 0.1) is 5.82 Å². The van der Waals surface area contributed by atoms with Gasteiger partial charge in [0.1, 0.15) is 17.7 Å². The molecule has 0 aliphatic carbocycles. The quantitative estimate of drug-likeness (QED) is 0.726. The second-order valence-corrected chi connectivity index (χ2v) is 5.09. The van der Waals surface area contributed by atoms with E-state index in [1.165, 1.54) is 18.2 Å². The van der Waals surface area contributed by atoms with Crippen molar-refractivity contribution in [1.82, 2.24) is 0 Å². The van der Waals surface area contributed by atoms with Crippen LogP contribution in [0.25, 0.3) is 10.8 Å². The lowest BCUT2D eigenvalue weighted by atomic mass is 9.94. The Morgan fingerprint density at radius 3 is 2.59 bits per heavy atom. The van der Waals surface area contributed by atoms with E-state index >= 15 is 0 Å². The van der Waals surface area contributed by atoms with E-state index in [0.29, 0.717) is 16.9 Å². The molecule has 0 heterocycles. The van der Waals surface area contributed by atoms with Crippen molar-refractivity contribution in [2.75, 3.05) is 12.8 Å². The topological polar surface area (TPSA) is 55.5 Å². The lowest BCUT2D eigenvalue weighted by Crippen LogP contribution is -2.05. The van der Waals surface area contributed by atoms with Crippen LogP contribution in [0.1, 0.15) is 17.2 Å². The molecule has 4 heteroatoms. The van der Waals surface area contributed by atoms with Gasteiger partial charge in [-0.3, -0.25) is 0 Å². The van der Waals surface area contributed by atoms with Gasteiger partial charge in [0.05, 0.1) is 12.8 Å². The Bertz CT molecular complexity index is 832. The molecule has 1 unspecified atom stereocenters. The van der Waals surface area contributed by atoms with Gasteiger partial charge in [-0.25, -0.2) is 4.39 Å². The van der Waals surface area contributed by atoms with Gasteiger partial charge >= 0.3 is 0 Å². The van der Waals surface area contributed by atoms with E-state index in [9.17, 15) is 9.50 Å². The third-order valence-electron chi connectivity index (χ3n) is 3.76. The van der Waals surface area contributed by atoms with Gasteiger partial charge in [-0.2, -0.15) is 0 Å². The van der Waals surface area contributed by atoms with Crippen molar-refractivity contribution in [2.45, 2.75) is 6.10 Å². The maximum Gasteiger partial charge on any atom is 0.146 e. The van der Waals surface area contributed by atoms with Crippen molar-refractivity contribution in [2.24, 2.45) is 0 Å². The number of aliphatic hydroxyl groups is 1. The highest BCUT2D eigenvalue weighted by Crippen LogP contribution is 2.36. The largest absolute Gasteiger partial charge is 0.496 e. The standard InChI is InChI=1S/C18H16FNO2/c1-22-16-9-7-11-4-2-3-5-13(11)17(16)18(21)12-6-8-14(19)15(20)10-12/h2-10,18,21H,20H2,1H3. The minimum Gasteiger partial charge on any atom is -0.496 e. The predicted octanol–water partition coefficient (Wildman–Crippen LogP) is 3.65. The summed E-state index contributed by atoms with van der Waals surface area (Å²) in [4.78, 5) is 0. The molecule has 0 radical (unpaired) electrons. The molecule has 0 aliphatic heterocycles.